The summed E-state index contributed by atoms with van der Waals surface area (Å²) in [5.74, 6) is -1.20. The third-order valence-electron chi connectivity index (χ3n) is 2.05. The zero-order valence-electron chi connectivity index (χ0n) is 11.9. The van der Waals surface area contributed by atoms with E-state index in [0.717, 1.165) is 4.47 Å². The molecule has 1 N–H and O–H groups in total. The van der Waals surface area contributed by atoms with Gasteiger partial charge >= 0.3 is 5.97 Å². The summed E-state index contributed by atoms with van der Waals surface area (Å²) in [5.41, 5.74) is 2.38. The van der Waals surface area contributed by atoms with E-state index < -0.39 is 17.4 Å². The van der Waals surface area contributed by atoms with Gasteiger partial charge in [0.2, 0.25) is 5.71 Å². The fourth-order valence-electron chi connectivity index (χ4n) is 1.27. The number of esters is 1. The Bertz CT molecular complexity index is 548. The topological polar surface area (TPSA) is 67.8 Å². The minimum absolute atomic E-state index is 0.264. The molecule has 6 heteroatoms. The van der Waals surface area contributed by atoms with Crippen molar-refractivity contribution in [3.8, 4) is 0 Å². The molecule has 1 aromatic carbocycles. The number of carbonyl (C=O) groups excluding carboxylic acids is 2. The molecule has 0 amide bonds. The van der Waals surface area contributed by atoms with Crippen LogP contribution in [0.1, 0.15) is 27.7 Å². The van der Waals surface area contributed by atoms with Gasteiger partial charge in [0.25, 0.3) is 0 Å². The molecule has 0 saturated carbocycles. The highest BCUT2D eigenvalue weighted by molar-refractivity contribution is 9.10. The lowest BCUT2D eigenvalue weighted by Gasteiger charge is -2.19. The Morgan fingerprint density at radius 2 is 1.95 bits per heavy atom. The van der Waals surface area contributed by atoms with Gasteiger partial charge in [-0.2, -0.15) is 5.10 Å². The van der Waals surface area contributed by atoms with E-state index in [0.29, 0.717) is 5.69 Å². The minimum atomic E-state index is -0.743. The van der Waals surface area contributed by atoms with Crippen LogP contribution in [-0.2, 0) is 14.3 Å². The number of hydrazone groups is 1. The van der Waals surface area contributed by atoms with Crippen LogP contribution in [0.3, 0.4) is 0 Å². The van der Waals surface area contributed by atoms with Crippen LogP contribution >= 0.6 is 15.9 Å². The molecule has 0 aliphatic heterocycles. The number of nitrogens with one attached hydrogen (secondary N) is 1. The maximum absolute atomic E-state index is 11.9. The van der Waals surface area contributed by atoms with Gasteiger partial charge < -0.3 is 4.74 Å². The van der Waals surface area contributed by atoms with Gasteiger partial charge in [0.15, 0.2) is 5.78 Å². The van der Waals surface area contributed by atoms with Gasteiger partial charge in [0.05, 0.1) is 5.69 Å². The molecule has 108 valence electrons. The molecule has 0 spiro atoms. The van der Waals surface area contributed by atoms with E-state index in [2.05, 4.69) is 26.5 Å². The molecule has 5 nitrogen and oxygen atoms in total. The molecule has 1 rings (SSSR count). The number of halogens is 1. The number of anilines is 1. The van der Waals surface area contributed by atoms with Gasteiger partial charge in [-0.3, -0.25) is 10.2 Å². The van der Waals surface area contributed by atoms with Crippen molar-refractivity contribution in [2.75, 3.05) is 5.43 Å². The summed E-state index contributed by atoms with van der Waals surface area (Å²) in [4.78, 5) is 23.3. The number of carbonyl (C=O) groups is 2. The van der Waals surface area contributed by atoms with E-state index in [9.17, 15) is 9.59 Å². The molecule has 0 fully saturated rings. The number of hydrogen-bond acceptors (Lipinski definition) is 5. The second-order valence-corrected chi connectivity index (χ2v) is 6.06. The fourth-order valence-corrected chi connectivity index (χ4v) is 1.67. The summed E-state index contributed by atoms with van der Waals surface area (Å²) in [6, 6.07) is 7.20. The highest BCUT2D eigenvalue weighted by atomic mass is 79.9. The molecule has 0 atom stereocenters. The molecular weight excluding hydrogens is 324 g/mol. The zero-order chi connectivity index (χ0) is 15.3. The van der Waals surface area contributed by atoms with Crippen molar-refractivity contribution in [3.05, 3.63) is 28.7 Å². The van der Waals surface area contributed by atoms with E-state index in [-0.39, 0.29) is 5.71 Å². The van der Waals surface area contributed by atoms with Gasteiger partial charge in [0.1, 0.15) is 5.60 Å². The van der Waals surface area contributed by atoms with Gasteiger partial charge in [-0.25, -0.2) is 4.79 Å². The van der Waals surface area contributed by atoms with Crippen molar-refractivity contribution in [1.29, 1.82) is 0 Å². The van der Waals surface area contributed by atoms with Crippen LogP contribution in [0.2, 0.25) is 0 Å². The molecule has 0 aliphatic carbocycles. The molecule has 0 radical (unpaired) electrons. The average Bonchev–Trinajstić information content (AvgIpc) is 2.26. The predicted molar refractivity (Wildman–Crippen MR) is 81.7 cm³/mol. The van der Waals surface area contributed by atoms with Crippen molar-refractivity contribution in [2.45, 2.75) is 33.3 Å². The second-order valence-electron chi connectivity index (χ2n) is 5.14. The number of benzene rings is 1. The highest BCUT2D eigenvalue weighted by Crippen LogP contribution is 2.15. The first kappa shape index (κ1) is 16.4. The van der Waals surface area contributed by atoms with E-state index in [1.165, 1.54) is 6.92 Å². The van der Waals surface area contributed by atoms with Gasteiger partial charge in [0, 0.05) is 11.4 Å². The summed E-state index contributed by atoms with van der Waals surface area (Å²) < 4.78 is 5.99. The lowest BCUT2D eigenvalue weighted by Crippen LogP contribution is -2.32. The Hall–Kier alpha value is -1.69. The molecular formula is C14H17BrN2O3. The lowest BCUT2D eigenvalue weighted by atomic mass is 10.2. The molecule has 0 saturated heterocycles. The Morgan fingerprint density at radius 3 is 2.45 bits per heavy atom. The summed E-state index contributed by atoms with van der Waals surface area (Å²) in [6.45, 7) is 6.45. The number of hydrogen-bond donors (Lipinski definition) is 1. The Morgan fingerprint density at radius 1 is 1.30 bits per heavy atom. The molecule has 1 aromatic rings. The molecule has 0 unspecified atom stereocenters. The third kappa shape index (κ3) is 5.52. The number of Topliss-reactive ketones (excluding diaryl/α,β-unsaturated/α-hetero) is 1. The smallest absolute Gasteiger partial charge is 0.363 e. The maximum Gasteiger partial charge on any atom is 0.363 e. The van der Waals surface area contributed by atoms with E-state index in [1.807, 2.05) is 12.1 Å². The zero-order valence-corrected chi connectivity index (χ0v) is 13.4. The normalized spacial score (nSPS) is 11.9. The summed E-state index contributed by atoms with van der Waals surface area (Å²) in [7, 11) is 0. The fraction of sp³-hybridized carbons (Fsp3) is 0.357. The standard InChI is InChI=1S/C14H17BrN2O3/c1-9(18)12(13(19)20-14(2,3)4)17-16-11-7-5-6-10(15)8-11/h5-8,16H,1-4H3/b17-12+. The summed E-state index contributed by atoms with van der Waals surface area (Å²) in [5, 5.41) is 3.84. The van der Waals surface area contributed by atoms with Crippen LogP contribution in [0, 0.1) is 0 Å². The van der Waals surface area contributed by atoms with Gasteiger partial charge in [-0.1, -0.05) is 22.0 Å². The third-order valence-corrected chi connectivity index (χ3v) is 2.54. The Labute approximate surface area is 126 Å². The number of rotatable bonds is 4. The van der Waals surface area contributed by atoms with Gasteiger partial charge in [-0.15, -0.1) is 0 Å². The SMILES string of the molecule is CC(=O)/C(=N\Nc1cccc(Br)c1)C(=O)OC(C)(C)C. The van der Waals surface area contributed by atoms with Crippen molar-refractivity contribution in [1.82, 2.24) is 0 Å². The van der Waals surface area contributed by atoms with Crippen molar-refractivity contribution >= 4 is 39.1 Å². The molecule has 0 bridgehead atoms. The number of nitrogens with zero attached hydrogens (tertiary/aromatic N) is 1. The predicted octanol–water partition coefficient (Wildman–Crippen LogP) is 3.15. The van der Waals surface area contributed by atoms with Crippen LogP contribution in [0.25, 0.3) is 0 Å². The van der Waals surface area contributed by atoms with E-state index in [1.54, 1.807) is 32.9 Å². The Balaban J connectivity index is 2.88. The molecule has 0 aromatic heterocycles. The Kier molecular flexibility index (Phi) is 5.44. The van der Waals surface area contributed by atoms with Crippen LogP contribution in [0.4, 0.5) is 5.69 Å². The first-order chi connectivity index (χ1) is 9.19. The van der Waals surface area contributed by atoms with Crippen LogP contribution in [-0.4, -0.2) is 23.1 Å². The van der Waals surface area contributed by atoms with Crippen LogP contribution < -0.4 is 5.43 Å². The second kappa shape index (κ2) is 6.65. The van der Waals surface area contributed by atoms with Gasteiger partial charge in [-0.05, 0) is 39.0 Å². The average molecular weight is 341 g/mol. The first-order valence-electron chi connectivity index (χ1n) is 6.02. The van der Waals surface area contributed by atoms with Crippen molar-refractivity contribution < 1.29 is 14.3 Å². The summed E-state index contributed by atoms with van der Waals surface area (Å²) >= 11 is 3.32. The number of ether oxygens (including phenoxy) is 1. The van der Waals surface area contributed by atoms with Crippen LogP contribution in [0.15, 0.2) is 33.8 Å². The van der Waals surface area contributed by atoms with Crippen molar-refractivity contribution in [2.24, 2.45) is 5.10 Å². The van der Waals surface area contributed by atoms with Crippen molar-refractivity contribution in [3.63, 3.8) is 0 Å². The quantitative estimate of drug-likeness (QED) is 0.395. The highest BCUT2D eigenvalue weighted by Gasteiger charge is 2.24. The lowest BCUT2D eigenvalue weighted by molar-refractivity contribution is -0.146. The first-order valence-corrected chi connectivity index (χ1v) is 6.82. The molecule has 0 aliphatic rings. The largest absolute Gasteiger partial charge is 0.455 e. The summed E-state index contributed by atoms with van der Waals surface area (Å²) in [6.07, 6.45) is 0. The van der Waals surface area contributed by atoms with Crippen LogP contribution in [0.5, 0.6) is 0 Å². The van der Waals surface area contributed by atoms with E-state index in [4.69, 9.17) is 4.74 Å². The number of ketones is 1. The monoisotopic (exact) mass is 340 g/mol. The van der Waals surface area contributed by atoms with E-state index >= 15 is 0 Å². The molecule has 0 heterocycles. The molecule has 20 heavy (non-hydrogen) atoms. The maximum atomic E-state index is 11.9. The minimum Gasteiger partial charge on any atom is -0.455 e.